The van der Waals surface area contributed by atoms with Crippen molar-refractivity contribution in [2.24, 2.45) is 11.3 Å². The zero-order valence-corrected chi connectivity index (χ0v) is 11.4. The van der Waals surface area contributed by atoms with Gasteiger partial charge < -0.3 is 5.32 Å². The Morgan fingerprint density at radius 3 is 2.95 bits per heavy atom. The Hall–Kier alpha value is -2.31. The summed E-state index contributed by atoms with van der Waals surface area (Å²) >= 11 is 0. The molecule has 7 nitrogen and oxygen atoms in total. The van der Waals surface area contributed by atoms with Gasteiger partial charge in [-0.3, -0.25) is 14.9 Å². The fourth-order valence-corrected chi connectivity index (χ4v) is 2.11. The number of nitrogens with one attached hydrogen (secondary N) is 2. The lowest BCUT2D eigenvalue weighted by Crippen LogP contribution is -2.26. The normalized spacial score (nSPS) is 19.6. The van der Waals surface area contributed by atoms with Gasteiger partial charge in [0, 0.05) is 18.3 Å². The average molecular weight is 272 g/mol. The molecule has 1 amide bonds. The Labute approximate surface area is 116 Å². The number of nitrogens with zero attached hydrogens (tertiary/aromatic N) is 4. The molecular weight excluding hydrogens is 256 g/mol. The predicted molar refractivity (Wildman–Crippen MR) is 71.1 cm³/mol. The Morgan fingerprint density at radius 2 is 2.30 bits per heavy atom. The summed E-state index contributed by atoms with van der Waals surface area (Å²) < 4.78 is 0. The second kappa shape index (κ2) is 4.66. The maximum absolute atomic E-state index is 11.9. The second-order valence-electron chi connectivity index (χ2n) is 5.66. The van der Waals surface area contributed by atoms with E-state index in [4.69, 9.17) is 0 Å². The minimum atomic E-state index is 0.0763. The van der Waals surface area contributed by atoms with Crippen molar-refractivity contribution in [2.45, 2.75) is 26.8 Å². The summed E-state index contributed by atoms with van der Waals surface area (Å²) in [4.78, 5) is 24.2. The van der Waals surface area contributed by atoms with Crippen molar-refractivity contribution in [3.63, 3.8) is 0 Å². The largest absolute Gasteiger partial charge is 0.349 e. The molecule has 0 aliphatic heterocycles. The minimum Gasteiger partial charge on any atom is -0.349 e. The highest BCUT2D eigenvalue weighted by Gasteiger charge is 2.50. The molecule has 2 aromatic heterocycles. The highest BCUT2D eigenvalue weighted by Crippen LogP contribution is 2.51. The van der Waals surface area contributed by atoms with Crippen LogP contribution in [0, 0.1) is 11.3 Å². The van der Waals surface area contributed by atoms with Crippen molar-refractivity contribution in [3.8, 4) is 11.5 Å². The number of carbonyl (C=O) groups excluding carboxylic acids is 1. The molecule has 0 saturated heterocycles. The third kappa shape index (κ3) is 2.52. The fraction of sp³-hybridized carbons (Fsp3) is 0.462. The van der Waals surface area contributed by atoms with E-state index in [2.05, 4.69) is 44.3 Å². The van der Waals surface area contributed by atoms with Crippen molar-refractivity contribution in [1.82, 2.24) is 30.5 Å². The van der Waals surface area contributed by atoms with Crippen molar-refractivity contribution in [3.05, 3.63) is 24.4 Å². The van der Waals surface area contributed by atoms with Gasteiger partial charge in [0.05, 0.1) is 12.7 Å². The lowest BCUT2D eigenvalue weighted by atomic mass is 10.1. The van der Waals surface area contributed by atoms with E-state index in [9.17, 15) is 4.79 Å². The van der Waals surface area contributed by atoms with E-state index in [1.54, 1.807) is 18.6 Å². The van der Waals surface area contributed by atoms with Gasteiger partial charge in [-0.1, -0.05) is 13.8 Å². The Balaban J connectivity index is 1.60. The summed E-state index contributed by atoms with van der Waals surface area (Å²) in [6.45, 7) is 4.54. The third-order valence-corrected chi connectivity index (χ3v) is 3.58. The van der Waals surface area contributed by atoms with E-state index in [1.165, 1.54) is 0 Å². The van der Waals surface area contributed by atoms with Crippen LogP contribution < -0.4 is 5.32 Å². The van der Waals surface area contributed by atoms with Crippen LogP contribution in [0.3, 0.4) is 0 Å². The highest BCUT2D eigenvalue weighted by molar-refractivity contribution is 5.82. The van der Waals surface area contributed by atoms with Crippen LogP contribution in [0.2, 0.25) is 0 Å². The number of rotatable bonds is 4. The number of hydrogen-bond donors (Lipinski definition) is 2. The molecule has 3 rings (SSSR count). The number of hydrogen-bond acceptors (Lipinski definition) is 5. The first kappa shape index (κ1) is 12.7. The summed E-state index contributed by atoms with van der Waals surface area (Å²) in [5, 5.41) is 9.73. The van der Waals surface area contributed by atoms with Crippen LogP contribution in [0.25, 0.3) is 11.5 Å². The van der Waals surface area contributed by atoms with Gasteiger partial charge in [0.25, 0.3) is 0 Å². The van der Waals surface area contributed by atoms with Crippen LogP contribution in [0.15, 0.2) is 18.6 Å². The molecule has 20 heavy (non-hydrogen) atoms. The van der Waals surface area contributed by atoms with Gasteiger partial charge in [0.15, 0.2) is 0 Å². The number of H-pyrrole nitrogens is 1. The monoisotopic (exact) mass is 272 g/mol. The van der Waals surface area contributed by atoms with Crippen LogP contribution in [0.1, 0.15) is 26.1 Å². The molecule has 0 radical (unpaired) electrons. The Bertz CT molecular complexity index is 621. The molecule has 0 spiro atoms. The van der Waals surface area contributed by atoms with E-state index in [1.807, 2.05) is 0 Å². The summed E-state index contributed by atoms with van der Waals surface area (Å²) in [5.41, 5.74) is 0.737. The van der Waals surface area contributed by atoms with Crippen LogP contribution in [0.4, 0.5) is 0 Å². The van der Waals surface area contributed by atoms with Crippen molar-refractivity contribution in [1.29, 1.82) is 0 Å². The molecule has 2 heterocycles. The zero-order valence-electron chi connectivity index (χ0n) is 11.4. The highest BCUT2D eigenvalue weighted by atomic mass is 16.2. The minimum absolute atomic E-state index is 0.0763. The van der Waals surface area contributed by atoms with Gasteiger partial charge in [0.2, 0.25) is 11.7 Å². The first-order valence-corrected chi connectivity index (χ1v) is 6.52. The second-order valence-corrected chi connectivity index (χ2v) is 5.66. The SMILES string of the molecule is CC1(C)CC1C(=O)NCc1nc(-c2cnccn2)n[nH]1. The van der Waals surface area contributed by atoms with Gasteiger partial charge >= 0.3 is 0 Å². The topological polar surface area (TPSA) is 96.5 Å². The molecule has 1 fully saturated rings. The molecule has 1 atom stereocenters. The van der Waals surface area contributed by atoms with Gasteiger partial charge in [-0.15, -0.1) is 0 Å². The maximum Gasteiger partial charge on any atom is 0.224 e. The molecule has 7 heteroatoms. The molecule has 2 aromatic rings. The van der Waals surface area contributed by atoms with E-state index in [-0.39, 0.29) is 17.2 Å². The molecule has 104 valence electrons. The molecule has 1 aliphatic carbocycles. The first-order chi connectivity index (χ1) is 9.56. The molecule has 1 aliphatic rings. The molecular formula is C13H16N6O. The molecule has 1 unspecified atom stereocenters. The summed E-state index contributed by atoms with van der Waals surface area (Å²) in [6, 6.07) is 0. The van der Waals surface area contributed by atoms with E-state index >= 15 is 0 Å². The van der Waals surface area contributed by atoms with E-state index in [0.29, 0.717) is 23.9 Å². The average Bonchev–Trinajstić information content (AvgIpc) is 2.89. The van der Waals surface area contributed by atoms with Crippen LogP contribution in [0.5, 0.6) is 0 Å². The number of aromatic amines is 1. The standard InChI is InChI=1S/C13H16N6O/c1-13(2)5-8(13)12(20)16-7-10-17-11(19-18-10)9-6-14-3-4-15-9/h3-4,6,8H,5,7H2,1-2H3,(H,16,20)(H,17,18,19). The number of aromatic nitrogens is 5. The smallest absolute Gasteiger partial charge is 0.224 e. The van der Waals surface area contributed by atoms with Gasteiger partial charge in [-0.2, -0.15) is 5.10 Å². The van der Waals surface area contributed by atoms with Crippen molar-refractivity contribution < 1.29 is 4.79 Å². The lowest BCUT2D eigenvalue weighted by Gasteiger charge is -2.04. The lowest BCUT2D eigenvalue weighted by molar-refractivity contribution is -0.123. The van der Waals surface area contributed by atoms with E-state index < -0.39 is 0 Å². The summed E-state index contributed by atoms with van der Waals surface area (Å²) in [7, 11) is 0. The van der Waals surface area contributed by atoms with Crippen LogP contribution in [-0.4, -0.2) is 31.1 Å². The fourth-order valence-electron chi connectivity index (χ4n) is 2.11. The third-order valence-electron chi connectivity index (χ3n) is 3.58. The van der Waals surface area contributed by atoms with Gasteiger partial charge in [-0.05, 0) is 11.8 Å². The Kier molecular flexibility index (Phi) is 2.96. The van der Waals surface area contributed by atoms with Crippen LogP contribution >= 0.6 is 0 Å². The van der Waals surface area contributed by atoms with Crippen LogP contribution in [-0.2, 0) is 11.3 Å². The van der Waals surface area contributed by atoms with E-state index in [0.717, 1.165) is 6.42 Å². The van der Waals surface area contributed by atoms with Crippen molar-refractivity contribution >= 4 is 5.91 Å². The van der Waals surface area contributed by atoms with Gasteiger partial charge in [-0.25, -0.2) is 9.97 Å². The Morgan fingerprint density at radius 1 is 1.50 bits per heavy atom. The summed E-state index contributed by atoms with van der Waals surface area (Å²) in [5.74, 6) is 1.28. The quantitative estimate of drug-likeness (QED) is 0.862. The predicted octanol–water partition coefficient (Wildman–Crippen LogP) is 0.924. The first-order valence-electron chi connectivity index (χ1n) is 6.52. The zero-order chi connectivity index (χ0) is 14.2. The molecule has 1 saturated carbocycles. The molecule has 0 bridgehead atoms. The van der Waals surface area contributed by atoms with Crippen molar-refractivity contribution in [2.75, 3.05) is 0 Å². The number of amides is 1. The summed E-state index contributed by atoms with van der Waals surface area (Å²) in [6.07, 6.45) is 5.72. The number of carbonyl (C=O) groups is 1. The maximum atomic E-state index is 11.9. The van der Waals surface area contributed by atoms with Gasteiger partial charge in [0.1, 0.15) is 11.5 Å². The molecule has 0 aromatic carbocycles. The molecule has 2 N–H and O–H groups in total.